The SMILES string of the molecule is O=C(c1[nH]cnc1-c1nc2ccccc2[nH]1)N1CCOCC1. The van der Waals surface area contributed by atoms with Crippen molar-refractivity contribution in [1.82, 2.24) is 24.8 Å². The van der Waals surface area contributed by atoms with Gasteiger partial charge in [-0.05, 0) is 12.1 Å². The highest BCUT2D eigenvalue weighted by molar-refractivity contribution is 5.98. The molecule has 2 aromatic heterocycles. The van der Waals surface area contributed by atoms with Gasteiger partial charge in [0.1, 0.15) is 11.4 Å². The number of fused-ring (bicyclic) bond motifs is 1. The molecule has 0 bridgehead atoms. The highest BCUT2D eigenvalue weighted by atomic mass is 16.5. The largest absolute Gasteiger partial charge is 0.378 e. The normalized spacial score (nSPS) is 15.4. The zero-order valence-electron chi connectivity index (χ0n) is 11.9. The number of benzene rings is 1. The number of nitrogens with one attached hydrogen (secondary N) is 2. The van der Waals surface area contributed by atoms with Crippen molar-refractivity contribution >= 4 is 16.9 Å². The maximum absolute atomic E-state index is 12.6. The fraction of sp³-hybridized carbons (Fsp3) is 0.267. The first-order chi connectivity index (χ1) is 10.8. The van der Waals surface area contributed by atoms with Crippen molar-refractivity contribution in [3.63, 3.8) is 0 Å². The van der Waals surface area contributed by atoms with Crippen LogP contribution in [0.2, 0.25) is 0 Å². The monoisotopic (exact) mass is 297 g/mol. The van der Waals surface area contributed by atoms with Crippen LogP contribution >= 0.6 is 0 Å². The lowest BCUT2D eigenvalue weighted by Gasteiger charge is -2.26. The molecule has 0 radical (unpaired) electrons. The number of hydrogen-bond acceptors (Lipinski definition) is 4. The van der Waals surface area contributed by atoms with Gasteiger partial charge in [0.25, 0.3) is 5.91 Å². The summed E-state index contributed by atoms with van der Waals surface area (Å²) in [6.07, 6.45) is 1.52. The Bertz CT molecular complexity index is 783. The van der Waals surface area contributed by atoms with Crippen LogP contribution in [0.1, 0.15) is 10.5 Å². The molecule has 1 aliphatic heterocycles. The minimum atomic E-state index is -0.0729. The van der Waals surface area contributed by atoms with Crippen molar-refractivity contribution in [2.24, 2.45) is 0 Å². The summed E-state index contributed by atoms with van der Waals surface area (Å²) in [7, 11) is 0. The number of carbonyl (C=O) groups excluding carboxylic acids is 1. The number of carbonyl (C=O) groups is 1. The van der Waals surface area contributed by atoms with Crippen LogP contribution in [0.5, 0.6) is 0 Å². The molecule has 2 N–H and O–H groups in total. The lowest BCUT2D eigenvalue weighted by Crippen LogP contribution is -2.41. The number of amides is 1. The van der Waals surface area contributed by atoms with E-state index in [0.29, 0.717) is 43.5 Å². The number of aromatic nitrogens is 4. The minimum absolute atomic E-state index is 0.0729. The van der Waals surface area contributed by atoms with E-state index in [1.165, 1.54) is 6.33 Å². The molecule has 1 amide bonds. The number of morpholine rings is 1. The Morgan fingerprint density at radius 3 is 2.86 bits per heavy atom. The third kappa shape index (κ3) is 2.15. The Morgan fingerprint density at radius 2 is 2.05 bits per heavy atom. The Kier molecular flexibility index (Phi) is 3.12. The summed E-state index contributed by atoms with van der Waals surface area (Å²) < 4.78 is 5.28. The summed E-state index contributed by atoms with van der Waals surface area (Å²) in [5.41, 5.74) is 2.78. The van der Waals surface area contributed by atoms with Crippen molar-refractivity contribution in [2.45, 2.75) is 0 Å². The van der Waals surface area contributed by atoms with Gasteiger partial charge in [0, 0.05) is 13.1 Å². The van der Waals surface area contributed by atoms with Crippen LogP contribution < -0.4 is 0 Å². The van der Waals surface area contributed by atoms with Gasteiger partial charge in [-0.3, -0.25) is 4.79 Å². The lowest BCUT2D eigenvalue weighted by molar-refractivity contribution is 0.0300. The van der Waals surface area contributed by atoms with Crippen molar-refractivity contribution in [3.05, 3.63) is 36.3 Å². The third-order valence-corrected chi connectivity index (χ3v) is 3.77. The molecule has 22 heavy (non-hydrogen) atoms. The molecule has 7 nitrogen and oxygen atoms in total. The fourth-order valence-electron chi connectivity index (χ4n) is 2.63. The average molecular weight is 297 g/mol. The van der Waals surface area contributed by atoms with E-state index in [1.54, 1.807) is 4.90 Å². The summed E-state index contributed by atoms with van der Waals surface area (Å²) in [6, 6.07) is 7.74. The molecular weight excluding hydrogens is 282 g/mol. The molecule has 1 fully saturated rings. The predicted molar refractivity (Wildman–Crippen MR) is 80.4 cm³/mol. The van der Waals surface area contributed by atoms with Gasteiger partial charge in [0.05, 0.1) is 30.6 Å². The smallest absolute Gasteiger partial charge is 0.272 e. The summed E-state index contributed by atoms with van der Waals surface area (Å²) >= 11 is 0. The quantitative estimate of drug-likeness (QED) is 0.749. The topological polar surface area (TPSA) is 86.9 Å². The van der Waals surface area contributed by atoms with Crippen LogP contribution in [0, 0.1) is 0 Å². The molecule has 1 aromatic carbocycles. The average Bonchev–Trinajstić information content (AvgIpc) is 3.21. The number of H-pyrrole nitrogens is 2. The first-order valence-electron chi connectivity index (χ1n) is 7.18. The first kappa shape index (κ1) is 13.0. The Labute approximate surface area is 126 Å². The zero-order valence-corrected chi connectivity index (χ0v) is 11.9. The van der Waals surface area contributed by atoms with Crippen molar-refractivity contribution in [1.29, 1.82) is 0 Å². The van der Waals surface area contributed by atoms with E-state index in [-0.39, 0.29) is 5.91 Å². The van der Waals surface area contributed by atoms with E-state index >= 15 is 0 Å². The number of nitrogens with zero attached hydrogens (tertiary/aromatic N) is 3. The van der Waals surface area contributed by atoms with Gasteiger partial charge in [-0.25, -0.2) is 9.97 Å². The molecule has 3 aromatic rings. The summed E-state index contributed by atoms with van der Waals surface area (Å²) in [5.74, 6) is 0.523. The minimum Gasteiger partial charge on any atom is -0.378 e. The highest BCUT2D eigenvalue weighted by Crippen LogP contribution is 2.22. The molecule has 0 atom stereocenters. The molecule has 1 aliphatic rings. The van der Waals surface area contributed by atoms with Gasteiger partial charge in [0.2, 0.25) is 0 Å². The zero-order chi connectivity index (χ0) is 14.9. The van der Waals surface area contributed by atoms with Crippen molar-refractivity contribution in [2.75, 3.05) is 26.3 Å². The van der Waals surface area contributed by atoms with Gasteiger partial charge in [-0.2, -0.15) is 0 Å². The molecule has 0 aliphatic carbocycles. The van der Waals surface area contributed by atoms with Gasteiger partial charge in [-0.1, -0.05) is 12.1 Å². The van der Waals surface area contributed by atoms with Gasteiger partial charge >= 0.3 is 0 Å². The number of rotatable bonds is 2. The van der Waals surface area contributed by atoms with E-state index < -0.39 is 0 Å². The first-order valence-corrected chi connectivity index (χ1v) is 7.18. The van der Waals surface area contributed by atoms with Crippen LogP contribution in [0.25, 0.3) is 22.6 Å². The maximum atomic E-state index is 12.6. The number of imidazole rings is 2. The molecule has 4 rings (SSSR count). The highest BCUT2D eigenvalue weighted by Gasteiger charge is 2.24. The predicted octanol–water partition coefficient (Wildman–Crippen LogP) is 1.43. The Balaban J connectivity index is 1.71. The van der Waals surface area contributed by atoms with Crippen LogP contribution in [-0.4, -0.2) is 57.0 Å². The Hall–Kier alpha value is -2.67. The molecule has 0 unspecified atom stereocenters. The summed E-state index contributed by atoms with van der Waals surface area (Å²) in [5, 5.41) is 0. The van der Waals surface area contributed by atoms with Crippen LogP contribution in [0.4, 0.5) is 0 Å². The van der Waals surface area contributed by atoms with E-state index in [1.807, 2.05) is 24.3 Å². The Morgan fingerprint density at radius 1 is 1.23 bits per heavy atom. The van der Waals surface area contributed by atoms with E-state index in [9.17, 15) is 4.79 Å². The van der Waals surface area contributed by atoms with Crippen LogP contribution in [-0.2, 0) is 4.74 Å². The molecule has 0 spiro atoms. The molecule has 1 saturated heterocycles. The fourth-order valence-corrected chi connectivity index (χ4v) is 2.63. The van der Waals surface area contributed by atoms with Crippen LogP contribution in [0.3, 0.4) is 0 Å². The van der Waals surface area contributed by atoms with Gasteiger partial charge < -0.3 is 19.6 Å². The van der Waals surface area contributed by atoms with Crippen molar-refractivity contribution < 1.29 is 9.53 Å². The molecule has 3 heterocycles. The third-order valence-electron chi connectivity index (χ3n) is 3.77. The second-order valence-electron chi connectivity index (χ2n) is 5.13. The second kappa shape index (κ2) is 5.27. The van der Waals surface area contributed by atoms with E-state index in [0.717, 1.165) is 11.0 Å². The molecule has 7 heteroatoms. The molecule has 0 saturated carbocycles. The number of aromatic amines is 2. The van der Waals surface area contributed by atoms with E-state index in [4.69, 9.17) is 4.74 Å². The molecule has 112 valence electrons. The van der Waals surface area contributed by atoms with Crippen molar-refractivity contribution in [3.8, 4) is 11.5 Å². The summed E-state index contributed by atoms with van der Waals surface area (Å²) in [4.78, 5) is 29.3. The van der Waals surface area contributed by atoms with Crippen LogP contribution in [0.15, 0.2) is 30.6 Å². The lowest BCUT2D eigenvalue weighted by atomic mass is 10.2. The van der Waals surface area contributed by atoms with Gasteiger partial charge in [0.15, 0.2) is 5.82 Å². The maximum Gasteiger partial charge on any atom is 0.272 e. The number of hydrogen-bond donors (Lipinski definition) is 2. The van der Waals surface area contributed by atoms with E-state index in [2.05, 4.69) is 19.9 Å². The second-order valence-corrected chi connectivity index (χ2v) is 5.13. The summed E-state index contributed by atoms with van der Waals surface area (Å²) in [6.45, 7) is 2.33. The van der Waals surface area contributed by atoms with Gasteiger partial charge in [-0.15, -0.1) is 0 Å². The standard InChI is InChI=1S/C15H15N5O2/c21-15(20-5-7-22-8-6-20)13-12(16-9-17-13)14-18-10-3-1-2-4-11(10)19-14/h1-4,9H,5-8H2,(H,16,17)(H,18,19). The molecular formula is C15H15N5O2. The number of ether oxygens (including phenoxy) is 1. The number of para-hydroxylation sites is 2.